The Hall–Kier alpha value is -3.57. The van der Waals surface area contributed by atoms with Crippen LogP contribution in [0.4, 0.5) is 26.3 Å². The number of carboxylic acid groups (broad SMARTS) is 1. The summed E-state index contributed by atoms with van der Waals surface area (Å²) in [7, 11) is 0. The summed E-state index contributed by atoms with van der Waals surface area (Å²) >= 11 is 0. The lowest BCUT2D eigenvalue weighted by Crippen LogP contribution is -2.24. The molecule has 12 heteroatoms. The number of aromatic carboxylic acids is 1. The molecule has 3 rings (SSSR count). The van der Waals surface area contributed by atoms with E-state index in [0.717, 1.165) is 47.0 Å². The Balaban J connectivity index is 2.15. The van der Waals surface area contributed by atoms with E-state index >= 15 is 0 Å². The third-order valence-electron chi connectivity index (χ3n) is 3.89. The van der Waals surface area contributed by atoms with E-state index in [1.54, 1.807) is 0 Å². The van der Waals surface area contributed by atoms with E-state index < -0.39 is 47.4 Å². The second kappa shape index (κ2) is 7.35. The lowest BCUT2D eigenvalue weighted by molar-refractivity contribution is -0.153. The zero-order valence-corrected chi connectivity index (χ0v) is 14.6. The van der Waals surface area contributed by atoms with Crippen LogP contribution < -0.4 is 10.3 Å². The van der Waals surface area contributed by atoms with Gasteiger partial charge in [-0.25, -0.2) is 9.78 Å². The third kappa shape index (κ3) is 4.36. The highest BCUT2D eigenvalue weighted by molar-refractivity contribution is 5.88. The first-order valence-electron chi connectivity index (χ1n) is 8.04. The molecule has 0 amide bonds. The van der Waals surface area contributed by atoms with Crippen molar-refractivity contribution in [2.24, 2.45) is 0 Å². The molecule has 0 aliphatic heterocycles. The number of rotatable bonds is 4. The molecule has 0 saturated heterocycles. The Morgan fingerprint density at radius 1 is 1.07 bits per heavy atom. The predicted molar refractivity (Wildman–Crippen MR) is 90.4 cm³/mol. The molecule has 30 heavy (non-hydrogen) atoms. The minimum Gasteiger partial charge on any atom is -0.484 e. The molecule has 0 unspecified atom stereocenters. The van der Waals surface area contributed by atoms with E-state index in [2.05, 4.69) is 9.72 Å². The minimum atomic E-state index is -5.06. The molecule has 1 N–H and O–H groups in total. The third-order valence-corrected chi connectivity index (χ3v) is 3.89. The number of benzene rings is 1. The van der Waals surface area contributed by atoms with Crippen molar-refractivity contribution in [3.8, 4) is 16.9 Å². The van der Waals surface area contributed by atoms with Crippen LogP contribution in [0.15, 0.2) is 47.4 Å². The lowest BCUT2D eigenvalue weighted by atomic mass is 10.0. The quantitative estimate of drug-likeness (QED) is 0.630. The maximum Gasteiger partial charge on any atom is 0.434 e. The van der Waals surface area contributed by atoms with Crippen LogP contribution >= 0.6 is 0 Å². The summed E-state index contributed by atoms with van der Waals surface area (Å²) in [6, 6.07) is 5.81. The molecule has 2 heterocycles. The van der Waals surface area contributed by atoms with Crippen molar-refractivity contribution in [3.05, 3.63) is 64.2 Å². The van der Waals surface area contributed by atoms with E-state index in [1.165, 1.54) is 0 Å². The van der Waals surface area contributed by atoms with Crippen LogP contribution in [0.3, 0.4) is 0 Å². The van der Waals surface area contributed by atoms with Crippen LogP contribution in [0, 0.1) is 0 Å². The molecular weight excluding hydrogens is 422 g/mol. The first-order chi connectivity index (χ1) is 13.9. The summed E-state index contributed by atoms with van der Waals surface area (Å²) in [6.45, 7) is -1.59. The fourth-order valence-corrected chi connectivity index (χ4v) is 2.62. The van der Waals surface area contributed by atoms with Crippen molar-refractivity contribution < 1.29 is 41.0 Å². The number of hydrogen-bond acceptors (Lipinski definition) is 4. The number of fused-ring (bicyclic) bond motifs is 1. The number of carboxylic acids is 1. The molecule has 158 valence electrons. The average Bonchev–Trinajstić information content (AvgIpc) is 2.65. The summed E-state index contributed by atoms with van der Waals surface area (Å²) < 4.78 is 82.5. The normalized spacial score (nSPS) is 12.2. The predicted octanol–water partition coefficient (Wildman–Crippen LogP) is 4.02. The summed E-state index contributed by atoms with van der Waals surface area (Å²) in [5.74, 6) is -1.68. The molecule has 0 spiro atoms. The van der Waals surface area contributed by atoms with Crippen LogP contribution in [0.2, 0.25) is 0 Å². The fourth-order valence-electron chi connectivity index (χ4n) is 2.62. The van der Waals surface area contributed by atoms with Crippen LogP contribution in [0.25, 0.3) is 16.8 Å². The molecule has 3 aromatic rings. The van der Waals surface area contributed by atoms with Crippen LogP contribution in [0.5, 0.6) is 5.75 Å². The zero-order valence-electron chi connectivity index (χ0n) is 14.6. The van der Waals surface area contributed by atoms with E-state index in [0.29, 0.717) is 0 Å². The molecule has 0 bridgehead atoms. The monoisotopic (exact) mass is 432 g/mol. The molecule has 0 saturated carbocycles. The van der Waals surface area contributed by atoms with Gasteiger partial charge >= 0.3 is 18.3 Å². The number of carbonyl (C=O) groups is 1. The van der Waals surface area contributed by atoms with Gasteiger partial charge in [0.25, 0.3) is 5.56 Å². The van der Waals surface area contributed by atoms with Gasteiger partial charge in [-0.2, -0.15) is 26.3 Å². The Bertz CT molecular complexity index is 1170. The van der Waals surface area contributed by atoms with Crippen molar-refractivity contribution in [2.75, 3.05) is 6.61 Å². The number of ether oxygens (including phenoxy) is 1. The van der Waals surface area contributed by atoms with E-state index in [1.807, 2.05) is 0 Å². The molecule has 6 nitrogen and oxygen atoms in total. The smallest absolute Gasteiger partial charge is 0.434 e. The van der Waals surface area contributed by atoms with Gasteiger partial charge in [0.05, 0.1) is 11.1 Å². The summed E-state index contributed by atoms with van der Waals surface area (Å²) in [5, 5.41) is 8.98. The van der Waals surface area contributed by atoms with Crippen molar-refractivity contribution in [1.29, 1.82) is 0 Å². The van der Waals surface area contributed by atoms with Gasteiger partial charge in [-0.05, 0) is 29.8 Å². The van der Waals surface area contributed by atoms with Crippen molar-refractivity contribution >= 4 is 11.6 Å². The molecular formula is C18H10F6N2O4. The van der Waals surface area contributed by atoms with Gasteiger partial charge in [0.2, 0.25) is 0 Å². The minimum absolute atomic E-state index is 0.254. The van der Waals surface area contributed by atoms with E-state index in [9.17, 15) is 35.9 Å². The summed E-state index contributed by atoms with van der Waals surface area (Å²) in [5.41, 5.74) is -4.68. The van der Waals surface area contributed by atoms with E-state index in [4.69, 9.17) is 5.11 Å². The van der Waals surface area contributed by atoms with Crippen LogP contribution in [-0.2, 0) is 6.18 Å². The van der Waals surface area contributed by atoms with Crippen LogP contribution in [0.1, 0.15) is 16.1 Å². The Kier molecular flexibility index (Phi) is 5.18. The average molecular weight is 432 g/mol. The maximum absolute atomic E-state index is 13.6. The van der Waals surface area contributed by atoms with Gasteiger partial charge in [-0.1, -0.05) is 12.1 Å². The number of alkyl halides is 6. The number of halogens is 6. The first kappa shape index (κ1) is 21.1. The van der Waals surface area contributed by atoms with Crippen molar-refractivity contribution in [3.63, 3.8) is 0 Å². The van der Waals surface area contributed by atoms with E-state index in [-0.39, 0.29) is 16.9 Å². The maximum atomic E-state index is 13.6. The standard InChI is InChI=1S/C18H10F6N2O4/c19-17(20,21)8-30-11-3-1-9(2-4-11)13-14(18(22,23)24)25-12-7-10(16(28)29)5-6-26(12)15(13)27/h1-7H,8H2,(H,28,29). The highest BCUT2D eigenvalue weighted by atomic mass is 19.4. The van der Waals surface area contributed by atoms with Gasteiger partial charge in [0, 0.05) is 6.20 Å². The second-order valence-electron chi connectivity index (χ2n) is 6.02. The largest absolute Gasteiger partial charge is 0.484 e. The number of aromatic nitrogens is 2. The highest BCUT2D eigenvalue weighted by Gasteiger charge is 2.38. The molecule has 1 aromatic carbocycles. The Morgan fingerprint density at radius 3 is 2.23 bits per heavy atom. The number of pyridine rings is 1. The van der Waals surface area contributed by atoms with Gasteiger partial charge < -0.3 is 9.84 Å². The molecule has 2 aromatic heterocycles. The molecule has 0 aliphatic carbocycles. The molecule has 0 fully saturated rings. The first-order valence-corrected chi connectivity index (χ1v) is 8.04. The Morgan fingerprint density at radius 2 is 1.70 bits per heavy atom. The Labute approximate surface area is 163 Å². The number of hydrogen-bond donors (Lipinski definition) is 1. The molecule has 0 atom stereocenters. The topological polar surface area (TPSA) is 80.9 Å². The number of nitrogens with zero attached hydrogens (tertiary/aromatic N) is 2. The summed E-state index contributed by atoms with van der Waals surface area (Å²) in [4.78, 5) is 27.2. The van der Waals surface area contributed by atoms with Crippen LogP contribution in [-0.4, -0.2) is 33.2 Å². The SMILES string of the molecule is O=C(O)c1ccn2c(=O)c(-c3ccc(OCC(F)(F)F)cc3)c(C(F)(F)F)nc2c1. The van der Waals surface area contributed by atoms with Gasteiger partial charge in [-0.15, -0.1) is 0 Å². The lowest BCUT2D eigenvalue weighted by Gasteiger charge is -2.14. The van der Waals surface area contributed by atoms with Gasteiger partial charge in [0.15, 0.2) is 12.3 Å². The van der Waals surface area contributed by atoms with Crippen molar-refractivity contribution in [2.45, 2.75) is 12.4 Å². The van der Waals surface area contributed by atoms with Gasteiger partial charge in [-0.3, -0.25) is 9.20 Å². The highest BCUT2D eigenvalue weighted by Crippen LogP contribution is 2.34. The van der Waals surface area contributed by atoms with Gasteiger partial charge in [0.1, 0.15) is 11.4 Å². The second-order valence-corrected chi connectivity index (χ2v) is 6.02. The molecule has 0 radical (unpaired) electrons. The fraction of sp³-hybridized carbons (Fsp3) is 0.167. The van der Waals surface area contributed by atoms with Crippen molar-refractivity contribution in [1.82, 2.24) is 9.38 Å². The summed E-state index contributed by atoms with van der Waals surface area (Å²) in [6.07, 6.45) is -8.69. The zero-order chi connectivity index (χ0) is 22.3. The molecule has 0 aliphatic rings.